The normalized spacial score (nSPS) is 13.2. The van der Waals surface area contributed by atoms with Crippen LogP contribution in [0.2, 0.25) is 5.02 Å². The lowest BCUT2D eigenvalue weighted by molar-refractivity contribution is -0.385. The Bertz CT molecular complexity index is 575. The Morgan fingerprint density at radius 1 is 1.53 bits per heavy atom. The quantitative estimate of drug-likeness (QED) is 0.608. The van der Waals surface area contributed by atoms with Gasteiger partial charge in [0.25, 0.3) is 5.69 Å². The molecule has 1 aromatic rings. The van der Waals surface area contributed by atoms with Crippen molar-refractivity contribution >= 4 is 27.3 Å². The van der Waals surface area contributed by atoms with Gasteiger partial charge in [0.15, 0.2) is 0 Å². The standard InChI is InChI=1S/C10H13ClN2O5S/c1-2-8(14)6-12-19(17,18)10-5-7(13(15)16)3-4-9(10)11/h3-5,8,12,14H,2,6H2,1H3. The van der Waals surface area contributed by atoms with E-state index in [4.69, 9.17) is 11.6 Å². The van der Waals surface area contributed by atoms with Gasteiger partial charge in [-0.05, 0) is 12.5 Å². The minimum absolute atomic E-state index is 0.121. The fraction of sp³-hybridized carbons (Fsp3) is 0.400. The summed E-state index contributed by atoms with van der Waals surface area (Å²) in [5, 5.41) is 19.8. The number of rotatable bonds is 6. The first-order valence-corrected chi connectivity index (χ1v) is 7.25. The van der Waals surface area contributed by atoms with Crippen LogP contribution >= 0.6 is 11.6 Å². The van der Waals surface area contributed by atoms with Crippen molar-refractivity contribution in [3.05, 3.63) is 33.3 Å². The van der Waals surface area contributed by atoms with Crippen LogP contribution in [0, 0.1) is 10.1 Å². The second-order valence-corrected chi connectivity index (χ2v) is 5.93. The zero-order valence-corrected chi connectivity index (χ0v) is 11.6. The van der Waals surface area contributed by atoms with E-state index in [1.54, 1.807) is 6.92 Å². The van der Waals surface area contributed by atoms with Crippen molar-refractivity contribution < 1.29 is 18.4 Å². The van der Waals surface area contributed by atoms with Crippen LogP contribution in [0.4, 0.5) is 5.69 Å². The highest BCUT2D eigenvalue weighted by Crippen LogP contribution is 2.25. The Balaban J connectivity index is 3.06. The molecule has 1 aromatic carbocycles. The van der Waals surface area contributed by atoms with Gasteiger partial charge in [-0.3, -0.25) is 10.1 Å². The molecule has 0 bridgehead atoms. The highest BCUT2D eigenvalue weighted by atomic mass is 35.5. The molecule has 0 aliphatic heterocycles. The molecule has 1 rings (SSSR count). The van der Waals surface area contributed by atoms with Gasteiger partial charge in [-0.2, -0.15) is 0 Å². The summed E-state index contributed by atoms with van der Waals surface area (Å²) >= 11 is 5.73. The van der Waals surface area contributed by atoms with Crippen LogP contribution in [-0.4, -0.2) is 31.1 Å². The molecule has 0 heterocycles. The molecule has 2 N–H and O–H groups in total. The molecule has 106 valence electrons. The van der Waals surface area contributed by atoms with Crippen LogP contribution in [0.25, 0.3) is 0 Å². The van der Waals surface area contributed by atoms with Gasteiger partial charge in [0, 0.05) is 18.7 Å². The number of non-ortho nitro benzene ring substituents is 1. The number of nitro benzene ring substituents is 1. The first-order chi connectivity index (χ1) is 8.77. The predicted molar refractivity (Wildman–Crippen MR) is 69.6 cm³/mol. The summed E-state index contributed by atoms with van der Waals surface area (Å²) in [5.74, 6) is 0. The van der Waals surface area contributed by atoms with Crippen LogP contribution < -0.4 is 4.72 Å². The van der Waals surface area contributed by atoms with E-state index >= 15 is 0 Å². The maximum atomic E-state index is 11.9. The average Bonchev–Trinajstić information content (AvgIpc) is 2.36. The van der Waals surface area contributed by atoms with Crippen molar-refractivity contribution in [2.75, 3.05) is 6.54 Å². The maximum Gasteiger partial charge on any atom is 0.270 e. The van der Waals surface area contributed by atoms with Gasteiger partial charge < -0.3 is 5.11 Å². The molecule has 9 heteroatoms. The Kier molecular flexibility index (Phi) is 5.24. The topological polar surface area (TPSA) is 110 Å². The summed E-state index contributed by atoms with van der Waals surface area (Å²) in [6, 6.07) is 3.13. The summed E-state index contributed by atoms with van der Waals surface area (Å²) in [6.07, 6.45) is -0.446. The lowest BCUT2D eigenvalue weighted by Crippen LogP contribution is -2.32. The molecule has 0 spiro atoms. The number of nitrogens with zero attached hydrogens (tertiary/aromatic N) is 1. The van der Waals surface area contributed by atoms with E-state index in [1.807, 2.05) is 0 Å². The minimum Gasteiger partial charge on any atom is -0.392 e. The number of sulfonamides is 1. The molecule has 0 aliphatic carbocycles. The molecule has 0 saturated heterocycles. The molecule has 0 amide bonds. The number of hydrogen-bond donors (Lipinski definition) is 2. The van der Waals surface area contributed by atoms with Crippen molar-refractivity contribution in [1.29, 1.82) is 0 Å². The zero-order valence-electron chi connectivity index (χ0n) is 10.0. The molecule has 0 aromatic heterocycles. The van der Waals surface area contributed by atoms with Gasteiger partial charge in [0.05, 0.1) is 16.0 Å². The lowest BCUT2D eigenvalue weighted by Gasteiger charge is -2.11. The fourth-order valence-electron chi connectivity index (χ4n) is 1.24. The van der Waals surface area contributed by atoms with E-state index in [9.17, 15) is 23.6 Å². The van der Waals surface area contributed by atoms with Gasteiger partial charge in [0.2, 0.25) is 10.0 Å². The summed E-state index contributed by atoms with van der Waals surface area (Å²) < 4.78 is 26.0. The second kappa shape index (κ2) is 6.29. The van der Waals surface area contributed by atoms with E-state index < -0.39 is 21.1 Å². The second-order valence-electron chi connectivity index (χ2n) is 3.79. The van der Waals surface area contributed by atoms with Gasteiger partial charge in [-0.25, -0.2) is 13.1 Å². The van der Waals surface area contributed by atoms with Gasteiger partial charge in [-0.15, -0.1) is 0 Å². The van der Waals surface area contributed by atoms with Crippen LogP contribution in [-0.2, 0) is 10.0 Å². The third-order valence-corrected chi connectivity index (χ3v) is 4.30. The van der Waals surface area contributed by atoms with Gasteiger partial charge in [0.1, 0.15) is 4.90 Å². The predicted octanol–water partition coefficient (Wildman–Crippen LogP) is 1.30. The van der Waals surface area contributed by atoms with E-state index in [1.165, 1.54) is 0 Å². The van der Waals surface area contributed by atoms with Crippen molar-refractivity contribution in [2.45, 2.75) is 24.3 Å². The van der Waals surface area contributed by atoms with Crippen molar-refractivity contribution in [1.82, 2.24) is 4.72 Å². The number of hydrogen-bond acceptors (Lipinski definition) is 5. The summed E-state index contributed by atoms with van der Waals surface area (Å²) in [4.78, 5) is 9.52. The maximum absolute atomic E-state index is 11.9. The molecule has 19 heavy (non-hydrogen) atoms. The minimum atomic E-state index is -4.00. The molecular formula is C10H13ClN2O5S. The highest BCUT2D eigenvalue weighted by molar-refractivity contribution is 7.89. The molecule has 0 saturated carbocycles. The monoisotopic (exact) mass is 308 g/mol. The average molecular weight is 309 g/mol. The Morgan fingerprint density at radius 3 is 2.68 bits per heavy atom. The molecule has 0 fully saturated rings. The van der Waals surface area contributed by atoms with E-state index in [0.717, 1.165) is 18.2 Å². The highest BCUT2D eigenvalue weighted by Gasteiger charge is 2.22. The van der Waals surface area contributed by atoms with Crippen molar-refractivity contribution in [3.63, 3.8) is 0 Å². The summed E-state index contributed by atoms with van der Waals surface area (Å²) in [6.45, 7) is 1.51. The molecule has 1 unspecified atom stereocenters. The third-order valence-electron chi connectivity index (χ3n) is 2.40. The SMILES string of the molecule is CCC(O)CNS(=O)(=O)c1cc([N+](=O)[O-])ccc1Cl. The summed E-state index contributed by atoms with van der Waals surface area (Å²) in [7, 11) is -4.00. The molecule has 1 atom stereocenters. The molecule has 7 nitrogen and oxygen atoms in total. The van der Waals surface area contributed by atoms with Crippen LogP contribution in [0.5, 0.6) is 0 Å². The Labute approximate surface area is 115 Å². The smallest absolute Gasteiger partial charge is 0.270 e. The number of nitro groups is 1. The summed E-state index contributed by atoms with van der Waals surface area (Å²) in [5.41, 5.74) is -0.374. The first-order valence-electron chi connectivity index (χ1n) is 5.39. The van der Waals surface area contributed by atoms with E-state index in [0.29, 0.717) is 6.42 Å². The molecule has 0 radical (unpaired) electrons. The van der Waals surface area contributed by atoms with Crippen molar-refractivity contribution in [3.8, 4) is 0 Å². The fourth-order valence-corrected chi connectivity index (χ4v) is 2.83. The Hall–Kier alpha value is -1.22. The Morgan fingerprint density at radius 2 is 2.16 bits per heavy atom. The van der Waals surface area contributed by atoms with Crippen molar-refractivity contribution in [2.24, 2.45) is 0 Å². The number of halogens is 1. The van der Waals surface area contributed by atoms with Gasteiger partial charge >= 0.3 is 0 Å². The van der Waals surface area contributed by atoms with E-state index in [2.05, 4.69) is 4.72 Å². The van der Waals surface area contributed by atoms with E-state index in [-0.39, 0.29) is 22.2 Å². The zero-order chi connectivity index (χ0) is 14.6. The largest absolute Gasteiger partial charge is 0.392 e. The van der Waals surface area contributed by atoms with Crippen LogP contribution in [0.3, 0.4) is 0 Å². The number of benzene rings is 1. The number of nitrogens with one attached hydrogen (secondary N) is 1. The third kappa shape index (κ3) is 4.13. The molecular weight excluding hydrogens is 296 g/mol. The molecule has 0 aliphatic rings. The number of aliphatic hydroxyl groups excluding tert-OH is 1. The van der Waals surface area contributed by atoms with Crippen LogP contribution in [0.1, 0.15) is 13.3 Å². The number of aliphatic hydroxyl groups is 1. The van der Waals surface area contributed by atoms with Gasteiger partial charge in [-0.1, -0.05) is 18.5 Å². The lowest BCUT2D eigenvalue weighted by atomic mass is 10.3. The van der Waals surface area contributed by atoms with Crippen LogP contribution in [0.15, 0.2) is 23.1 Å². The first kappa shape index (κ1) is 15.8.